The molecule has 2 heterocycles. The second kappa shape index (κ2) is 6.23. The van der Waals surface area contributed by atoms with E-state index < -0.39 is 0 Å². The number of fused-ring (bicyclic) bond motifs is 1. The van der Waals surface area contributed by atoms with Gasteiger partial charge in [-0.15, -0.1) is 0 Å². The van der Waals surface area contributed by atoms with Crippen LogP contribution in [0.2, 0.25) is 0 Å². The average molecular weight is 325 g/mol. The van der Waals surface area contributed by atoms with Crippen molar-refractivity contribution in [2.75, 3.05) is 14.1 Å². The van der Waals surface area contributed by atoms with E-state index in [1.54, 1.807) is 32.4 Å². The fourth-order valence-electron chi connectivity index (χ4n) is 2.43. The third kappa shape index (κ3) is 3.03. The first kappa shape index (κ1) is 15.9. The molecule has 0 saturated heterocycles. The van der Waals surface area contributed by atoms with Gasteiger partial charge in [0.25, 0.3) is 5.91 Å². The Morgan fingerprint density at radius 3 is 2.50 bits per heavy atom. The van der Waals surface area contributed by atoms with Crippen LogP contribution in [0.5, 0.6) is 5.75 Å². The maximum absolute atomic E-state index is 13.0. The number of aromatic hydroxyl groups is 1. The molecule has 122 valence electrons. The molecule has 0 fully saturated rings. The fourth-order valence-corrected chi connectivity index (χ4v) is 2.43. The first-order chi connectivity index (χ1) is 11.5. The highest BCUT2D eigenvalue weighted by Gasteiger charge is 2.18. The molecule has 0 radical (unpaired) electrons. The van der Waals surface area contributed by atoms with Gasteiger partial charge in [-0.3, -0.25) is 9.78 Å². The van der Waals surface area contributed by atoms with Gasteiger partial charge in [-0.1, -0.05) is 12.1 Å². The van der Waals surface area contributed by atoms with E-state index in [4.69, 9.17) is 0 Å². The van der Waals surface area contributed by atoms with Crippen LogP contribution >= 0.6 is 0 Å². The number of aromatic nitrogens is 2. The number of carbonyl (C=O) groups is 1. The molecule has 24 heavy (non-hydrogen) atoms. The van der Waals surface area contributed by atoms with Crippen molar-refractivity contribution in [3.63, 3.8) is 0 Å². The lowest BCUT2D eigenvalue weighted by Crippen LogP contribution is -2.22. The van der Waals surface area contributed by atoms with E-state index in [1.165, 1.54) is 23.2 Å². The van der Waals surface area contributed by atoms with Gasteiger partial charge in [0.15, 0.2) is 11.4 Å². The van der Waals surface area contributed by atoms with Gasteiger partial charge in [-0.2, -0.15) is 0 Å². The van der Waals surface area contributed by atoms with Gasteiger partial charge in [0.1, 0.15) is 11.3 Å². The van der Waals surface area contributed by atoms with Crippen molar-refractivity contribution in [1.82, 2.24) is 14.9 Å². The average Bonchev–Trinajstić information content (AvgIpc) is 2.56. The van der Waals surface area contributed by atoms with Gasteiger partial charge in [-0.25, -0.2) is 9.37 Å². The van der Waals surface area contributed by atoms with Gasteiger partial charge in [0, 0.05) is 31.9 Å². The van der Waals surface area contributed by atoms with E-state index >= 15 is 0 Å². The summed E-state index contributed by atoms with van der Waals surface area (Å²) in [6.45, 7) is 0. The number of hydrogen-bond donors (Lipinski definition) is 1. The Hall–Kier alpha value is -3.02. The van der Waals surface area contributed by atoms with E-state index in [0.29, 0.717) is 17.3 Å². The van der Waals surface area contributed by atoms with Crippen LogP contribution in [-0.2, 0) is 6.42 Å². The lowest BCUT2D eigenvalue weighted by atomic mass is 10.0. The van der Waals surface area contributed by atoms with Gasteiger partial charge >= 0.3 is 0 Å². The second-order valence-corrected chi connectivity index (χ2v) is 5.74. The molecule has 0 aliphatic heterocycles. The summed E-state index contributed by atoms with van der Waals surface area (Å²) >= 11 is 0. The molecule has 6 heteroatoms. The summed E-state index contributed by atoms with van der Waals surface area (Å²) in [5.74, 6) is -0.881. The van der Waals surface area contributed by atoms with Crippen molar-refractivity contribution in [3.05, 3.63) is 65.4 Å². The molecule has 1 aromatic carbocycles. The molecule has 0 bridgehead atoms. The van der Waals surface area contributed by atoms with Crippen LogP contribution in [0.15, 0.2) is 42.7 Å². The Morgan fingerprint density at radius 1 is 1.12 bits per heavy atom. The Morgan fingerprint density at radius 2 is 1.83 bits per heavy atom. The van der Waals surface area contributed by atoms with E-state index in [-0.39, 0.29) is 23.2 Å². The highest BCUT2D eigenvalue weighted by Crippen LogP contribution is 2.26. The maximum atomic E-state index is 13.0. The molecule has 0 aliphatic carbocycles. The number of pyridine rings is 2. The van der Waals surface area contributed by atoms with Crippen LogP contribution in [0, 0.1) is 5.82 Å². The molecule has 1 amide bonds. The molecular weight excluding hydrogens is 309 g/mol. The number of hydrogen-bond acceptors (Lipinski definition) is 4. The normalized spacial score (nSPS) is 10.8. The summed E-state index contributed by atoms with van der Waals surface area (Å²) in [6.07, 6.45) is 3.74. The first-order valence-electron chi connectivity index (χ1n) is 7.38. The molecule has 3 rings (SSSR count). The van der Waals surface area contributed by atoms with Gasteiger partial charge in [-0.05, 0) is 35.7 Å². The summed E-state index contributed by atoms with van der Waals surface area (Å²) in [7, 11) is 3.18. The molecular formula is C18H16FN3O2. The van der Waals surface area contributed by atoms with E-state index in [1.807, 2.05) is 6.07 Å². The van der Waals surface area contributed by atoms with Crippen molar-refractivity contribution in [3.8, 4) is 5.75 Å². The highest BCUT2D eigenvalue weighted by atomic mass is 19.1. The van der Waals surface area contributed by atoms with Crippen molar-refractivity contribution < 1.29 is 14.3 Å². The third-order valence-corrected chi connectivity index (χ3v) is 3.69. The number of carbonyl (C=O) groups excluding carboxylic acids is 1. The predicted molar refractivity (Wildman–Crippen MR) is 88.4 cm³/mol. The highest BCUT2D eigenvalue weighted by molar-refractivity contribution is 6.00. The van der Waals surface area contributed by atoms with Gasteiger partial charge in [0.05, 0.1) is 0 Å². The Bertz CT molecular complexity index is 908. The molecule has 0 saturated carbocycles. The van der Waals surface area contributed by atoms with Crippen molar-refractivity contribution in [2.45, 2.75) is 6.42 Å². The van der Waals surface area contributed by atoms with Crippen molar-refractivity contribution in [2.24, 2.45) is 0 Å². The monoisotopic (exact) mass is 325 g/mol. The SMILES string of the molecule is CN(C)C(=O)c1ncc2cc(Cc3ccc(F)cc3)cnc2c1O. The second-order valence-electron chi connectivity index (χ2n) is 5.74. The third-order valence-electron chi connectivity index (χ3n) is 3.69. The molecule has 1 N–H and O–H groups in total. The number of halogens is 1. The van der Waals surface area contributed by atoms with E-state index in [2.05, 4.69) is 9.97 Å². The molecule has 0 aliphatic rings. The van der Waals surface area contributed by atoms with E-state index in [0.717, 1.165) is 11.1 Å². The standard InChI is InChI=1S/C18H16FN3O2/c1-22(2)18(24)16-17(23)15-13(10-21-16)8-12(9-20-15)7-11-3-5-14(19)6-4-11/h3-6,8-10,23H,7H2,1-2H3. The molecule has 5 nitrogen and oxygen atoms in total. The molecule has 0 atom stereocenters. The minimum absolute atomic E-state index is 0.0220. The number of amides is 1. The maximum Gasteiger partial charge on any atom is 0.275 e. The number of nitrogens with zero attached hydrogens (tertiary/aromatic N) is 3. The smallest absolute Gasteiger partial charge is 0.275 e. The van der Waals surface area contributed by atoms with Gasteiger partial charge in [0.2, 0.25) is 0 Å². The molecule has 3 aromatic rings. The summed E-state index contributed by atoms with van der Waals surface area (Å²) in [5, 5.41) is 10.9. The van der Waals surface area contributed by atoms with Crippen LogP contribution in [0.25, 0.3) is 10.9 Å². The quantitative estimate of drug-likeness (QED) is 0.804. The Labute approximate surface area is 138 Å². The minimum Gasteiger partial charge on any atom is -0.504 e. The topological polar surface area (TPSA) is 66.3 Å². The van der Waals surface area contributed by atoms with Crippen LogP contribution in [0.1, 0.15) is 21.6 Å². The van der Waals surface area contributed by atoms with Crippen LogP contribution in [0.4, 0.5) is 4.39 Å². The Balaban J connectivity index is 1.96. The predicted octanol–water partition coefficient (Wildman–Crippen LogP) is 2.77. The summed E-state index contributed by atoms with van der Waals surface area (Å²) in [6, 6.07) is 8.11. The zero-order chi connectivity index (χ0) is 17.3. The largest absolute Gasteiger partial charge is 0.504 e. The lowest BCUT2D eigenvalue weighted by molar-refractivity contribution is 0.0819. The molecule has 2 aromatic heterocycles. The van der Waals surface area contributed by atoms with Crippen LogP contribution in [-0.4, -0.2) is 40.0 Å². The lowest BCUT2D eigenvalue weighted by Gasteiger charge is -2.12. The molecule has 0 spiro atoms. The zero-order valence-corrected chi connectivity index (χ0v) is 13.3. The summed E-state index contributed by atoms with van der Waals surface area (Å²) in [4.78, 5) is 21.7. The minimum atomic E-state index is -0.383. The van der Waals surface area contributed by atoms with Crippen molar-refractivity contribution in [1.29, 1.82) is 0 Å². The first-order valence-corrected chi connectivity index (χ1v) is 7.38. The fraction of sp³-hybridized carbons (Fsp3) is 0.167. The summed E-state index contributed by atoms with van der Waals surface area (Å²) < 4.78 is 13.0. The van der Waals surface area contributed by atoms with E-state index in [9.17, 15) is 14.3 Å². The van der Waals surface area contributed by atoms with Gasteiger partial charge < -0.3 is 10.0 Å². The molecule has 0 unspecified atom stereocenters. The zero-order valence-electron chi connectivity index (χ0n) is 13.3. The Kier molecular flexibility index (Phi) is 4.12. The number of benzene rings is 1. The number of rotatable bonds is 3. The summed E-state index contributed by atoms with van der Waals surface area (Å²) in [5.41, 5.74) is 2.17. The van der Waals surface area contributed by atoms with Crippen LogP contribution < -0.4 is 0 Å². The van der Waals surface area contributed by atoms with Crippen molar-refractivity contribution >= 4 is 16.8 Å². The van der Waals surface area contributed by atoms with Crippen LogP contribution in [0.3, 0.4) is 0 Å².